The molecule has 1 saturated carbocycles. The van der Waals surface area contributed by atoms with E-state index < -0.39 is 14.9 Å². The lowest BCUT2D eigenvalue weighted by Gasteiger charge is -2.20. The zero-order chi connectivity index (χ0) is 16.3. The van der Waals surface area contributed by atoms with Crippen LogP contribution in [0.15, 0.2) is 23.1 Å². The number of halogens is 1. The molecule has 2 atom stereocenters. The van der Waals surface area contributed by atoms with Crippen molar-refractivity contribution in [3.8, 4) is 5.75 Å². The molecule has 2 rings (SSSR count). The van der Waals surface area contributed by atoms with Crippen LogP contribution in [0.25, 0.3) is 0 Å². The van der Waals surface area contributed by atoms with E-state index in [2.05, 4.69) is 4.72 Å². The lowest BCUT2D eigenvalue weighted by Crippen LogP contribution is -2.39. The Balaban J connectivity index is 0.00000264. The minimum Gasteiger partial charge on any atom is -0.495 e. The summed E-state index contributed by atoms with van der Waals surface area (Å²) in [4.78, 5) is 9.98. The highest BCUT2D eigenvalue weighted by atomic mass is 35.5. The fourth-order valence-electron chi connectivity index (χ4n) is 2.73. The number of methoxy groups -OCH3 is 1. The summed E-state index contributed by atoms with van der Waals surface area (Å²) in [5.74, 6) is 0.153. The van der Waals surface area contributed by atoms with Crippen LogP contribution in [0.1, 0.15) is 19.3 Å². The Hall–Kier alpha value is -1.42. The van der Waals surface area contributed by atoms with Gasteiger partial charge in [-0.25, -0.2) is 13.1 Å². The number of hydrogen-bond donors (Lipinski definition) is 2. The normalized spacial score (nSPS) is 20.8. The van der Waals surface area contributed by atoms with Crippen molar-refractivity contribution in [3.05, 3.63) is 28.3 Å². The van der Waals surface area contributed by atoms with Gasteiger partial charge in [-0.1, -0.05) is 6.42 Å². The summed E-state index contributed by atoms with van der Waals surface area (Å²) < 4.78 is 32.7. The van der Waals surface area contributed by atoms with E-state index in [1.165, 1.54) is 19.2 Å². The average Bonchev–Trinajstić information content (AvgIpc) is 2.92. The third-order valence-corrected chi connectivity index (χ3v) is 5.43. The minimum atomic E-state index is -3.92. The highest BCUT2D eigenvalue weighted by molar-refractivity contribution is 7.89. The van der Waals surface area contributed by atoms with Gasteiger partial charge in [0.1, 0.15) is 10.6 Å². The first-order chi connectivity index (χ1) is 10.4. The van der Waals surface area contributed by atoms with E-state index in [-0.39, 0.29) is 40.7 Å². The summed E-state index contributed by atoms with van der Waals surface area (Å²) in [6.45, 7) is 0.402. The van der Waals surface area contributed by atoms with Crippen LogP contribution in [0.4, 0.5) is 5.69 Å². The zero-order valence-corrected chi connectivity index (χ0v) is 14.2. The van der Waals surface area contributed by atoms with Crippen LogP contribution in [0.2, 0.25) is 0 Å². The molecule has 1 fully saturated rings. The Morgan fingerprint density at radius 3 is 2.70 bits per heavy atom. The third kappa shape index (κ3) is 4.31. The SMILES string of the molecule is COc1ccc([N+](=O)[O-])cc1S(=O)(=O)NC1CCCC1CN.Cl. The van der Waals surface area contributed by atoms with E-state index in [1.54, 1.807) is 0 Å². The van der Waals surface area contributed by atoms with E-state index in [0.29, 0.717) is 13.0 Å². The molecule has 2 unspecified atom stereocenters. The topological polar surface area (TPSA) is 125 Å². The maximum Gasteiger partial charge on any atom is 0.271 e. The fourth-order valence-corrected chi connectivity index (χ4v) is 4.25. The molecule has 1 aliphatic rings. The van der Waals surface area contributed by atoms with Crippen LogP contribution in [-0.2, 0) is 10.0 Å². The lowest BCUT2D eigenvalue weighted by molar-refractivity contribution is -0.385. The zero-order valence-electron chi connectivity index (χ0n) is 12.6. The van der Waals surface area contributed by atoms with E-state index in [1.807, 2.05) is 0 Å². The Labute approximate surface area is 141 Å². The highest BCUT2D eigenvalue weighted by Gasteiger charge is 2.32. The van der Waals surface area contributed by atoms with Gasteiger partial charge >= 0.3 is 0 Å². The molecule has 8 nitrogen and oxygen atoms in total. The third-order valence-electron chi connectivity index (χ3n) is 3.92. The number of nitro groups is 1. The van der Waals surface area contributed by atoms with Crippen molar-refractivity contribution < 1.29 is 18.1 Å². The van der Waals surface area contributed by atoms with Crippen molar-refractivity contribution in [1.82, 2.24) is 4.72 Å². The lowest BCUT2D eigenvalue weighted by atomic mass is 10.1. The van der Waals surface area contributed by atoms with E-state index in [4.69, 9.17) is 10.5 Å². The molecule has 0 saturated heterocycles. The molecule has 10 heteroatoms. The van der Waals surface area contributed by atoms with Gasteiger partial charge in [0, 0.05) is 18.2 Å². The largest absolute Gasteiger partial charge is 0.495 e. The van der Waals surface area contributed by atoms with Crippen LogP contribution < -0.4 is 15.2 Å². The molecule has 0 aliphatic heterocycles. The standard InChI is InChI=1S/C13H19N3O5S.ClH/c1-21-12-6-5-10(16(17)18)7-13(12)22(19,20)15-11-4-2-3-9(11)8-14;/h5-7,9,11,15H,2-4,8,14H2,1H3;1H. The number of rotatable bonds is 6. The maximum atomic E-state index is 12.5. The first kappa shape index (κ1) is 19.6. The molecule has 0 aromatic heterocycles. The molecule has 130 valence electrons. The van der Waals surface area contributed by atoms with Gasteiger partial charge in [0.2, 0.25) is 10.0 Å². The first-order valence-electron chi connectivity index (χ1n) is 6.94. The van der Waals surface area contributed by atoms with Crippen LogP contribution in [0, 0.1) is 16.0 Å². The Bertz CT molecular complexity index is 668. The molecule has 0 spiro atoms. The quantitative estimate of drug-likeness (QED) is 0.580. The second kappa shape index (κ2) is 7.91. The van der Waals surface area contributed by atoms with Crippen LogP contribution in [0.3, 0.4) is 0 Å². The molecule has 0 amide bonds. The van der Waals surface area contributed by atoms with Gasteiger partial charge in [0.15, 0.2) is 0 Å². The summed E-state index contributed by atoms with van der Waals surface area (Å²) in [7, 11) is -2.60. The van der Waals surface area contributed by atoms with E-state index >= 15 is 0 Å². The maximum absolute atomic E-state index is 12.5. The summed E-state index contributed by atoms with van der Waals surface area (Å²) in [6.07, 6.45) is 2.48. The molecule has 0 heterocycles. The van der Waals surface area contributed by atoms with Crippen LogP contribution in [0.5, 0.6) is 5.75 Å². The van der Waals surface area contributed by atoms with Crippen molar-refractivity contribution in [2.24, 2.45) is 11.7 Å². The monoisotopic (exact) mass is 365 g/mol. The van der Waals surface area contributed by atoms with Crippen molar-refractivity contribution in [2.45, 2.75) is 30.2 Å². The molecule has 1 aliphatic carbocycles. The number of nitrogens with one attached hydrogen (secondary N) is 1. The molecule has 0 bridgehead atoms. The minimum absolute atomic E-state index is 0. The Morgan fingerprint density at radius 1 is 1.43 bits per heavy atom. The van der Waals surface area contributed by atoms with Gasteiger partial charge in [-0.05, 0) is 31.4 Å². The van der Waals surface area contributed by atoms with Crippen LogP contribution >= 0.6 is 12.4 Å². The number of benzene rings is 1. The Kier molecular flexibility index (Phi) is 6.75. The number of nitrogens with two attached hydrogens (primary N) is 1. The van der Waals surface area contributed by atoms with Crippen molar-refractivity contribution in [3.63, 3.8) is 0 Å². The fraction of sp³-hybridized carbons (Fsp3) is 0.538. The highest BCUT2D eigenvalue weighted by Crippen LogP contribution is 2.31. The number of sulfonamides is 1. The summed E-state index contributed by atoms with van der Waals surface area (Å²) in [5, 5.41) is 10.9. The number of non-ortho nitro benzene ring substituents is 1. The second-order valence-electron chi connectivity index (χ2n) is 5.25. The van der Waals surface area contributed by atoms with Gasteiger partial charge in [0.25, 0.3) is 5.69 Å². The first-order valence-corrected chi connectivity index (χ1v) is 8.42. The second-order valence-corrected chi connectivity index (χ2v) is 6.93. The summed E-state index contributed by atoms with van der Waals surface area (Å²) in [5.41, 5.74) is 5.35. The molecule has 3 N–H and O–H groups in total. The molecule has 0 radical (unpaired) electrons. The molecular formula is C13H20ClN3O5S. The number of nitro benzene ring substituents is 1. The van der Waals surface area contributed by atoms with E-state index in [9.17, 15) is 18.5 Å². The van der Waals surface area contributed by atoms with Crippen molar-refractivity contribution in [1.29, 1.82) is 0 Å². The van der Waals surface area contributed by atoms with Crippen molar-refractivity contribution >= 4 is 28.1 Å². The smallest absolute Gasteiger partial charge is 0.271 e. The molecule has 23 heavy (non-hydrogen) atoms. The van der Waals surface area contributed by atoms with Crippen molar-refractivity contribution in [2.75, 3.05) is 13.7 Å². The van der Waals surface area contributed by atoms with Crippen LogP contribution in [-0.4, -0.2) is 33.0 Å². The summed E-state index contributed by atoms with van der Waals surface area (Å²) in [6, 6.07) is 3.24. The van der Waals surface area contributed by atoms with Gasteiger partial charge in [-0.15, -0.1) is 12.4 Å². The average molecular weight is 366 g/mol. The number of nitrogens with zero attached hydrogens (tertiary/aromatic N) is 1. The molecule has 1 aromatic carbocycles. The summed E-state index contributed by atoms with van der Waals surface area (Å²) >= 11 is 0. The van der Waals surface area contributed by atoms with Gasteiger partial charge in [0.05, 0.1) is 12.0 Å². The Morgan fingerprint density at radius 2 is 2.13 bits per heavy atom. The number of ether oxygens (including phenoxy) is 1. The predicted octanol–water partition coefficient (Wildman–Crippen LogP) is 1.43. The van der Waals surface area contributed by atoms with Gasteiger partial charge < -0.3 is 10.5 Å². The van der Waals surface area contributed by atoms with Gasteiger partial charge in [-0.2, -0.15) is 0 Å². The molecular weight excluding hydrogens is 346 g/mol. The molecule has 1 aromatic rings. The van der Waals surface area contributed by atoms with E-state index in [0.717, 1.165) is 18.9 Å². The van der Waals surface area contributed by atoms with Gasteiger partial charge in [-0.3, -0.25) is 10.1 Å². The number of hydrogen-bond acceptors (Lipinski definition) is 6. The predicted molar refractivity (Wildman–Crippen MR) is 87.4 cm³/mol.